The topological polar surface area (TPSA) is 143 Å². The highest BCUT2D eigenvalue weighted by molar-refractivity contribution is 6.23. The van der Waals surface area contributed by atoms with E-state index in [9.17, 15) is 24.0 Å². The molecule has 55 heavy (non-hydrogen) atoms. The number of nitrogens with one attached hydrogen (secondary N) is 1. The number of likely N-dealkylation sites (tertiary alicyclic amines) is 2. The normalized spacial score (nSPS) is 19.8. The van der Waals surface area contributed by atoms with Crippen LogP contribution in [0.5, 0.6) is 11.5 Å². The molecule has 1 spiro atoms. The number of carbonyl (C=O) groups excluding carboxylic acids is 4. The lowest BCUT2D eigenvalue weighted by molar-refractivity contribution is -0.136. The van der Waals surface area contributed by atoms with Crippen LogP contribution in [0.4, 0.5) is 0 Å². The molecule has 13 nitrogen and oxygen atoms in total. The number of fused-ring (bicyclic) bond motifs is 2. The summed E-state index contributed by atoms with van der Waals surface area (Å²) in [5, 5.41) is 3.60. The fourth-order valence-corrected chi connectivity index (χ4v) is 8.62. The summed E-state index contributed by atoms with van der Waals surface area (Å²) in [5.41, 5.74) is 4.03. The number of carbonyl (C=O) groups is 4. The summed E-state index contributed by atoms with van der Waals surface area (Å²) in [7, 11) is 5.09. The van der Waals surface area contributed by atoms with Crippen molar-refractivity contribution >= 4 is 34.4 Å². The van der Waals surface area contributed by atoms with Gasteiger partial charge in [-0.05, 0) is 98.1 Å². The zero-order valence-electron chi connectivity index (χ0n) is 31.1. The third kappa shape index (κ3) is 6.66. The number of aryl methyl sites for hydroxylation is 1. The van der Waals surface area contributed by atoms with Crippen molar-refractivity contribution < 1.29 is 28.7 Å². The third-order valence-corrected chi connectivity index (χ3v) is 11.7. The molecule has 0 bridgehead atoms. The van der Waals surface area contributed by atoms with Gasteiger partial charge in [0.05, 0.1) is 42.8 Å². The van der Waals surface area contributed by atoms with Crippen LogP contribution < -0.4 is 20.3 Å². The van der Waals surface area contributed by atoms with Crippen molar-refractivity contribution in [2.75, 3.05) is 46.9 Å². The number of methoxy groups -OCH3 is 2. The number of imide groups is 2. The van der Waals surface area contributed by atoms with Gasteiger partial charge in [-0.2, -0.15) is 0 Å². The maximum absolute atomic E-state index is 13.2. The molecule has 4 aliphatic heterocycles. The fourth-order valence-electron chi connectivity index (χ4n) is 8.62. The SMILES string of the molecule is COc1cc(-c2cn(C)c(=O)c3cnccc23)cc(OC)c1CN1CCC2(CC1)CCN(CC#Cc1ccc3c(c1)C(=O)N(C1CCC(=O)NC1=O)C3=O)C2. The molecule has 0 radical (unpaired) electrons. The zero-order chi connectivity index (χ0) is 38.4. The Morgan fingerprint density at radius 1 is 0.873 bits per heavy atom. The number of piperidine rings is 2. The molecule has 1 N–H and O–H groups in total. The second kappa shape index (κ2) is 14.4. The molecule has 4 aromatic rings. The van der Waals surface area contributed by atoms with E-state index in [1.165, 1.54) is 0 Å². The number of nitrogens with zero attached hydrogens (tertiary/aromatic N) is 5. The van der Waals surface area contributed by atoms with Crippen LogP contribution in [0.15, 0.2) is 59.8 Å². The lowest BCUT2D eigenvalue weighted by Gasteiger charge is -2.39. The molecule has 1 atom stereocenters. The average molecular weight is 743 g/mol. The van der Waals surface area contributed by atoms with E-state index in [0.29, 0.717) is 24.0 Å². The van der Waals surface area contributed by atoms with Crippen molar-refractivity contribution in [1.82, 2.24) is 29.6 Å². The number of amides is 4. The van der Waals surface area contributed by atoms with Crippen LogP contribution in [0.25, 0.3) is 21.9 Å². The van der Waals surface area contributed by atoms with E-state index < -0.39 is 29.7 Å². The summed E-state index contributed by atoms with van der Waals surface area (Å²) in [4.78, 5) is 73.0. The molecule has 13 heteroatoms. The standard InChI is InChI=1S/C42H42N6O7/c1-45-23-32(28-10-14-43-22-31(28)39(45)51)27-20-35(54-2)33(36(21-27)55-3)24-46-16-11-42(12-17-46)13-18-47(25-42)15-4-5-26-6-7-29-30(19-26)41(53)48(40(29)52)34-8-9-37(49)44-38(34)50/h6-7,10,14,19-23,34H,8-9,11-13,15-18,24-25H2,1-3H3,(H,44,49,50). The molecule has 4 aliphatic rings. The van der Waals surface area contributed by atoms with Gasteiger partial charge in [0.25, 0.3) is 17.4 Å². The Morgan fingerprint density at radius 2 is 1.58 bits per heavy atom. The highest BCUT2D eigenvalue weighted by Gasteiger charge is 2.45. The smallest absolute Gasteiger partial charge is 0.262 e. The van der Waals surface area contributed by atoms with Crippen molar-refractivity contribution in [3.63, 3.8) is 0 Å². The van der Waals surface area contributed by atoms with Gasteiger partial charge < -0.3 is 14.0 Å². The van der Waals surface area contributed by atoms with Crippen LogP contribution in [-0.4, -0.2) is 101 Å². The molecular weight excluding hydrogens is 700 g/mol. The van der Waals surface area contributed by atoms with Gasteiger partial charge in [-0.3, -0.25) is 49.0 Å². The van der Waals surface area contributed by atoms with E-state index in [0.717, 1.165) is 83.9 Å². The first kappa shape index (κ1) is 36.2. The largest absolute Gasteiger partial charge is 0.496 e. The lowest BCUT2D eigenvalue weighted by atomic mass is 9.77. The lowest BCUT2D eigenvalue weighted by Crippen LogP contribution is -2.54. The van der Waals surface area contributed by atoms with E-state index in [1.807, 2.05) is 24.4 Å². The number of hydrogen-bond donors (Lipinski definition) is 1. The van der Waals surface area contributed by atoms with Crippen LogP contribution in [0.3, 0.4) is 0 Å². The Bertz CT molecular complexity index is 2360. The summed E-state index contributed by atoms with van der Waals surface area (Å²) < 4.78 is 13.5. The molecule has 8 rings (SSSR count). The van der Waals surface area contributed by atoms with Gasteiger partial charge in [-0.15, -0.1) is 0 Å². The average Bonchev–Trinajstić information content (AvgIpc) is 3.70. The van der Waals surface area contributed by atoms with Crippen molar-refractivity contribution in [2.45, 2.75) is 44.7 Å². The van der Waals surface area contributed by atoms with Crippen LogP contribution >= 0.6 is 0 Å². The van der Waals surface area contributed by atoms with Crippen LogP contribution in [0.1, 0.15) is 63.9 Å². The summed E-state index contributed by atoms with van der Waals surface area (Å²) in [6.45, 7) is 5.12. The van der Waals surface area contributed by atoms with E-state index >= 15 is 0 Å². The third-order valence-electron chi connectivity index (χ3n) is 11.7. The van der Waals surface area contributed by atoms with E-state index in [4.69, 9.17) is 9.47 Å². The number of rotatable bonds is 7. The minimum Gasteiger partial charge on any atom is -0.496 e. The monoisotopic (exact) mass is 742 g/mol. The molecule has 1 unspecified atom stereocenters. The molecule has 0 aliphatic carbocycles. The van der Waals surface area contributed by atoms with Gasteiger partial charge in [0.1, 0.15) is 17.5 Å². The number of pyridine rings is 2. The molecule has 282 valence electrons. The Kier molecular flexibility index (Phi) is 9.48. The quantitative estimate of drug-likeness (QED) is 0.221. The predicted octanol–water partition coefficient (Wildman–Crippen LogP) is 3.36. The maximum Gasteiger partial charge on any atom is 0.262 e. The van der Waals surface area contributed by atoms with Gasteiger partial charge in [0.2, 0.25) is 11.8 Å². The molecule has 3 saturated heterocycles. The fraction of sp³-hybridized carbons (Fsp3) is 0.381. The molecule has 3 fully saturated rings. The van der Waals surface area contributed by atoms with Crippen molar-refractivity contribution in [1.29, 1.82) is 0 Å². The summed E-state index contributed by atoms with van der Waals surface area (Å²) in [6.07, 6.45) is 8.60. The van der Waals surface area contributed by atoms with Gasteiger partial charge in [0.15, 0.2) is 0 Å². The van der Waals surface area contributed by atoms with Crippen molar-refractivity contribution in [3.8, 4) is 34.5 Å². The van der Waals surface area contributed by atoms with Crippen LogP contribution in [0.2, 0.25) is 0 Å². The second-order valence-electron chi connectivity index (χ2n) is 15.0. The Labute approximate surface area is 318 Å². The number of benzene rings is 2. The summed E-state index contributed by atoms with van der Waals surface area (Å²) in [5.74, 6) is 5.83. The predicted molar refractivity (Wildman–Crippen MR) is 204 cm³/mol. The van der Waals surface area contributed by atoms with Crippen molar-refractivity contribution in [3.05, 3.63) is 87.6 Å². The number of hydrogen-bond acceptors (Lipinski definition) is 10. The highest BCUT2D eigenvalue weighted by Crippen LogP contribution is 2.42. The molecule has 2 aromatic carbocycles. The molecule has 6 heterocycles. The Hall–Kier alpha value is -5.84. The van der Waals surface area contributed by atoms with Gasteiger partial charge in [-0.1, -0.05) is 11.8 Å². The summed E-state index contributed by atoms with van der Waals surface area (Å²) >= 11 is 0. The Morgan fingerprint density at radius 3 is 2.29 bits per heavy atom. The van der Waals surface area contributed by atoms with Gasteiger partial charge >= 0.3 is 0 Å². The first-order valence-corrected chi connectivity index (χ1v) is 18.6. The zero-order valence-corrected chi connectivity index (χ0v) is 31.1. The van der Waals surface area contributed by atoms with E-state index in [1.54, 1.807) is 56.4 Å². The molecule has 0 saturated carbocycles. The highest BCUT2D eigenvalue weighted by atomic mass is 16.5. The van der Waals surface area contributed by atoms with E-state index in [2.05, 4.69) is 31.9 Å². The minimum atomic E-state index is -0.995. The summed E-state index contributed by atoms with van der Waals surface area (Å²) in [6, 6.07) is 9.86. The first-order valence-electron chi connectivity index (χ1n) is 18.6. The minimum absolute atomic E-state index is 0.0773. The maximum atomic E-state index is 13.2. The van der Waals surface area contributed by atoms with Crippen molar-refractivity contribution in [2.24, 2.45) is 12.5 Å². The Balaban J connectivity index is 0.894. The first-order chi connectivity index (χ1) is 26.6. The number of ether oxygens (including phenoxy) is 2. The van der Waals surface area contributed by atoms with Gasteiger partial charge in [0, 0.05) is 56.3 Å². The molecule has 4 amide bonds. The van der Waals surface area contributed by atoms with E-state index in [-0.39, 0.29) is 34.9 Å². The molecular formula is C42H42N6O7. The van der Waals surface area contributed by atoms with Crippen LogP contribution in [0, 0.1) is 17.3 Å². The van der Waals surface area contributed by atoms with Crippen LogP contribution in [-0.2, 0) is 23.2 Å². The number of aromatic nitrogens is 2. The second-order valence-corrected chi connectivity index (χ2v) is 15.0. The van der Waals surface area contributed by atoms with Gasteiger partial charge in [-0.25, -0.2) is 0 Å². The molecule has 2 aromatic heterocycles.